The summed E-state index contributed by atoms with van der Waals surface area (Å²) in [5, 5.41) is 11.7. The normalized spacial score (nSPS) is 10.7. The van der Waals surface area contributed by atoms with Gasteiger partial charge in [-0.3, -0.25) is 0 Å². The highest BCUT2D eigenvalue weighted by atomic mass is 15.0. The molecule has 0 unspecified atom stereocenters. The Balaban J connectivity index is 1.34. The van der Waals surface area contributed by atoms with Crippen molar-refractivity contribution >= 4 is 16.5 Å². The van der Waals surface area contributed by atoms with Gasteiger partial charge in [-0.05, 0) is 45.2 Å². The van der Waals surface area contributed by atoms with Crippen LogP contribution in [-0.4, -0.2) is 15.0 Å². The van der Waals surface area contributed by atoms with Gasteiger partial charge in [-0.25, -0.2) is 19.8 Å². The summed E-state index contributed by atoms with van der Waals surface area (Å²) in [6.45, 7) is 7.81. The van der Waals surface area contributed by atoms with E-state index in [1.165, 1.54) is 0 Å². The molecule has 0 bridgehead atoms. The van der Waals surface area contributed by atoms with Crippen LogP contribution in [0.5, 0.6) is 0 Å². The van der Waals surface area contributed by atoms with Gasteiger partial charge in [0.15, 0.2) is 17.5 Å². The molecule has 1 aromatic heterocycles. The number of hydrogen-bond donors (Lipinski definition) is 0. The van der Waals surface area contributed by atoms with Crippen LogP contribution < -0.4 is 0 Å². The van der Waals surface area contributed by atoms with Crippen molar-refractivity contribution in [1.29, 1.82) is 5.26 Å². The van der Waals surface area contributed by atoms with Crippen LogP contribution in [0.15, 0.2) is 140 Å². The maximum absolute atomic E-state index is 9.64. The highest BCUT2D eigenvalue weighted by Crippen LogP contribution is 2.40. The first kappa shape index (κ1) is 26.5. The van der Waals surface area contributed by atoms with E-state index in [2.05, 4.69) is 47.3 Å². The van der Waals surface area contributed by atoms with Crippen LogP contribution in [0.1, 0.15) is 5.56 Å². The molecule has 6 aromatic carbocycles. The van der Waals surface area contributed by atoms with Gasteiger partial charge in [0.2, 0.25) is 5.69 Å². The molecular formula is C39H23N5. The minimum atomic E-state index is 0.367. The van der Waals surface area contributed by atoms with Gasteiger partial charge in [0.05, 0.1) is 18.2 Å². The van der Waals surface area contributed by atoms with Crippen molar-refractivity contribution in [2.24, 2.45) is 0 Å². The van der Waals surface area contributed by atoms with Gasteiger partial charge < -0.3 is 0 Å². The number of nitriles is 1. The standard InChI is InChI=1S/C39H23N5/c1-41-36-31(25-40)16-10-18-34(36)35-24-32(23-30-15-8-9-17-33(30)35)26-19-21-29(22-20-26)39-43-37(27-11-4-2-5-12-27)42-38(44-39)28-13-6-3-7-14-28/h2-24H. The summed E-state index contributed by atoms with van der Waals surface area (Å²) in [7, 11) is 0. The molecule has 0 N–H and O–H groups in total. The molecule has 7 aromatic rings. The molecule has 44 heavy (non-hydrogen) atoms. The van der Waals surface area contributed by atoms with Crippen LogP contribution >= 0.6 is 0 Å². The summed E-state index contributed by atoms with van der Waals surface area (Å²) in [4.78, 5) is 18.2. The van der Waals surface area contributed by atoms with E-state index < -0.39 is 0 Å². The average molecular weight is 562 g/mol. The predicted molar refractivity (Wildman–Crippen MR) is 175 cm³/mol. The van der Waals surface area contributed by atoms with Crippen molar-refractivity contribution in [3.8, 4) is 62.5 Å². The Labute approximate surface area is 255 Å². The van der Waals surface area contributed by atoms with Crippen molar-refractivity contribution < 1.29 is 0 Å². The first-order chi connectivity index (χ1) is 21.7. The smallest absolute Gasteiger partial charge is 0.212 e. The summed E-state index contributed by atoms with van der Waals surface area (Å²) < 4.78 is 0. The van der Waals surface area contributed by atoms with E-state index in [0.717, 1.165) is 49.7 Å². The molecule has 0 amide bonds. The molecule has 1 heterocycles. The number of benzene rings is 6. The van der Waals surface area contributed by atoms with Crippen LogP contribution in [0.3, 0.4) is 0 Å². The Morgan fingerprint density at radius 3 is 1.64 bits per heavy atom. The molecule has 204 valence electrons. The zero-order chi connectivity index (χ0) is 29.9. The lowest BCUT2D eigenvalue weighted by atomic mass is 9.91. The van der Waals surface area contributed by atoms with E-state index in [9.17, 15) is 5.26 Å². The molecule has 0 atom stereocenters. The number of hydrogen-bond acceptors (Lipinski definition) is 4. The molecule has 5 nitrogen and oxygen atoms in total. The second-order valence-corrected chi connectivity index (χ2v) is 10.3. The van der Waals surface area contributed by atoms with E-state index in [-0.39, 0.29) is 0 Å². The van der Waals surface area contributed by atoms with Gasteiger partial charge in [0.1, 0.15) is 0 Å². The number of para-hydroxylation sites is 1. The SMILES string of the molecule is [C-]#[N+]c1c(C#N)cccc1-c1cc(-c2ccc(-c3nc(-c4ccccc4)nc(-c4ccccc4)n3)cc2)cc2ccccc12. The van der Waals surface area contributed by atoms with E-state index in [4.69, 9.17) is 21.5 Å². The largest absolute Gasteiger partial charge is 0.236 e. The third-order valence-electron chi connectivity index (χ3n) is 7.60. The summed E-state index contributed by atoms with van der Waals surface area (Å²) in [6.07, 6.45) is 0. The fraction of sp³-hybridized carbons (Fsp3) is 0. The molecule has 0 radical (unpaired) electrons. The van der Waals surface area contributed by atoms with Gasteiger partial charge in [0.25, 0.3) is 0 Å². The first-order valence-electron chi connectivity index (χ1n) is 14.1. The minimum Gasteiger partial charge on any atom is -0.236 e. The van der Waals surface area contributed by atoms with Crippen LogP contribution in [0.4, 0.5) is 5.69 Å². The van der Waals surface area contributed by atoms with Crippen LogP contribution in [0, 0.1) is 17.9 Å². The number of fused-ring (bicyclic) bond motifs is 1. The zero-order valence-corrected chi connectivity index (χ0v) is 23.5. The monoisotopic (exact) mass is 561 g/mol. The van der Waals surface area contributed by atoms with E-state index in [0.29, 0.717) is 28.7 Å². The van der Waals surface area contributed by atoms with E-state index >= 15 is 0 Å². The number of aromatic nitrogens is 3. The summed E-state index contributed by atoms with van der Waals surface area (Å²) >= 11 is 0. The third kappa shape index (κ3) is 4.96. The molecule has 0 aliphatic carbocycles. The van der Waals surface area contributed by atoms with E-state index in [1.807, 2.05) is 97.1 Å². The van der Waals surface area contributed by atoms with Gasteiger partial charge in [-0.1, -0.05) is 127 Å². The van der Waals surface area contributed by atoms with Gasteiger partial charge in [-0.15, -0.1) is 0 Å². The van der Waals surface area contributed by atoms with Crippen molar-refractivity contribution in [3.05, 3.63) is 157 Å². The molecule has 7 rings (SSSR count). The maximum Gasteiger partial charge on any atom is 0.212 e. The van der Waals surface area contributed by atoms with Gasteiger partial charge in [0, 0.05) is 16.7 Å². The highest BCUT2D eigenvalue weighted by molar-refractivity contribution is 6.03. The van der Waals surface area contributed by atoms with Crippen molar-refractivity contribution in [1.82, 2.24) is 15.0 Å². The molecule has 0 saturated heterocycles. The molecule has 0 saturated carbocycles. The lowest BCUT2D eigenvalue weighted by molar-refractivity contribution is 1.07. The third-order valence-corrected chi connectivity index (χ3v) is 7.60. The zero-order valence-electron chi connectivity index (χ0n) is 23.5. The topological polar surface area (TPSA) is 66.8 Å². The Morgan fingerprint density at radius 1 is 0.500 bits per heavy atom. The second kappa shape index (κ2) is 11.4. The quantitative estimate of drug-likeness (QED) is 0.196. The first-order valence-corrected chi connectivity index (χ1v) is 14.1. The Kier molecular flexibility index (Phi) is 6.89. The van der Waals surface area contributed by atoms with E-state index in [1.54, 1.807) is 6.07 Å². The van der Waals surface area contributed by atoms with Gasteiger partial charge in [-0.2, -0.15) is 5.26 Å². The fourth-order valence-electron chi connectivity index (χ4n) is 5.42. The molecule has 0 aliphatic heterocycles. The lowest BCUT2D eigenvalue weighted by Crippen LogP contribution is -2.00. The summed E-state index contributed by atoms with van der Waals surface area (Å²) in [5.41, 5.74) is 7.16. The molecular weight excluding hydrogens is 538 g/mol. The fourth-order valence-corrected chi connectivity index (χ4v) is 5.42. The van der Waals surface area contributed by atoms with Crippen LogP contribution in [0.25, 0.3) is 72.0 Å². The second-order valence-electron chi connectivity index (χ2n) is 10.3. The molecule has 0 aliphatic rings. The number of nitrogens with zero attached hydrogens (tertiary/aromatic N) is 5. The van der Waals surface area contributed by atoms with Crippen LogP contribution in [-0.2, 0) is 0 Å². The minimum absolute atomic E-state index is 0.367. The molecule has 5 heteroatoms. The molecule has 0 spiro atoms. The van der Waals surface area contributed by atoms with Crippen molar-refractivity contribution in [2.45, 2.75) is 0 Å². The predicted octanol–water partition coefficient (Wildman–Crippen LogP) is 9.78. The van der Waals surface area contributed by atoms with Gasteiger partial charge >= 0.3 is 0 Å². The Bertz CT molecular complexity index is 2170. The lowest BCUT2D eigenvalue weighted by Gasteiger charge is -2.13. The maximum atomic E-state index is 9.64. The Hall–Kier alpha value is -6.43. The van der Waals surface area contributed by atoms with Crippen molar-refractivity contribution in [3.63, 3.8) is 0 Å². The summed E-state index contributed by atoms with van der Waals surface area (Å²) in [6, 6.07) is 48.1. The van der Waals surface area contributed by atoms with Crippen LogP contribution in [0.2, 0.25) is 0 Å². The van der Waals surface area contributed by atoms with Crippen molar-refractivity contribution in [2.75, 3.05) is 0 Å². The Morgan fingerprint density at radius 2 is 1.05 bits per heavy atom. The molecule has 0 fully saturated rings. The summed E-state index contributed by atoms with van der Waals surface area (Å²) in [5.74, 6) is 1.83. The number of rotatable bonds is 5. The highest BCUT2D eigenvalue weighted by Gasteiger charge is 2.16. The average Bonchev–Trinajstić information content (AvgIpc) is 3.11.